The molecule has 3 unspecified atom stereocenters. The Balaban J connectivity index is 0.00000121. The molecule has 116 valence electrons. The van der Waals surface area contributed by atoms with Crippen LogP contribution in [-0.2, 0) is 9.47 Å². The third-order valence-corrected chi connectivity index (χ3v) is 5.57. The number of hydrogen-bond acceptors (Lipinski definition) is 4. The summed E-state index contributed by atoms with van der Waals surface area (Å²) in [6.45, 7) is 2.79. The van der Waals surface area contributed by atoms with Crippen LogP contribution < -0.4 is 10.6 Å². The summed E-state index contributed by atoms with van der Waals surface area (Å²) in [4.78, 5) is 0. The van der Waals surface area contributed by atoms with Crippen LogP contribution in [0.25, 0.3) is 0 Å². The van der Waals surface area contributed by atoms with E-state index in [9.17, 15) is 0 Å². The normalized spacial score (nSPS) is 47.4. The Labute approximate surface area is 127 Å². The molecular weight excluding hydrogens is 276 g/mol. The van der Waals surface area contributed by atoms with Crippen molar-refractivity contribution in [3.8, 4) is 0 Å². The van der Waals surface area contributed by atoms with Gasteiger partial charge in [0.25, 0.3) is 0 Å². The molecule has 5 heteroatoms. The van der Waals surface area contributed by atoms with Gasteiger partial charge < -0.3 is 20.1 Å². The van der Waals surface area contributed by atoms with Gasteiger partial charge in [0.2, 0.25) is 0 Å². The number of morpholine rings is 1. The van der Waals surface area contributed by atoms with Crippen LogP contribution >= 0.6 is 12.4 Å². The first kappa shape index (κ1) is 15.0. The molecule has 4 fully saturated rings. The van der Waals surface area contributed by atoms with Crippen LogP contribution in [0.3, 0.4) is 0 Å². The molecule has 4 rings (SSSR count). The van der Waals surface area contributed by atoms with E-state index in [0.29, 0.717) is 30.3 Å². The van der Waals surface area contributed by atoms with E-state index < -0.39 is 0 Å². The van der Waals surface area contributed by atoms with Crippen LogP contribution in [0.5, 0.6) is 0 Å². The van der Waals surface area contributed by atoms with Crippen molar-refractivity contribution in [1.82, 2.24) is 10.6 Å². The largest absolute Gasteiger partial charge is 0.379 e. The van der Waals surface area contributed by atoms with Crippen LogP contribution in [0.1, 0.15) is 38.5 Å². The lowest BCUT2D eigenvalue weighted by Crippen LogP contribution is -2.53. The lowest BCUT2D eigenvalue weighted by molar-refractivity contribution is 0.0499. The topological polar surface area (TPSA) is 42.5 Å². The van der Waals surface area contributed by atoms with Crippen molar-refractivity contribution >= 4 is 12.4 Å². The predicted molar refractivity (Wildman–Crippen MR) is 80.4 cm³/mol. The molecule has 1 saturated carbocycles. The smallest absolute Gasteiger partial charge is 0.0733 e. The molecule has 0 aromatic heterocycles. The Kier molecular flexibility index (Phi) is 4.88. The number of halogens is 1. The van der Waals surface area contributed by atoms with E-state index in [4.69, 9.17) is 9.47 Å². The fourth-order valence-corrected chi connectivity index (χ4v) is 4.63. The van der Waals surface area contributed by atoms with Crippen LogP contribution in [0, 0.1) is 5.92 Å². The van der Waals surface area contributed by atoms with E-state index in [1.807, 2.05) is 0 Å². The molecular formula is C15H27ClN2O2. The van der Waals surface area contributed by atoms with Crippen molar-refractivity contribution in [1.29, 1.82) is 0 Å². The Morgan fingerprint density at radius 3 is 2.70 bits per heavy atom. The molecule has 3 saturated heterocycles. The summed E-state index contributed by atoms with van der Waals surface area (Å²) in [5, 5.41) is 7.59. The molecule has 1 aliphatic carbocycles. The molecule has 2 N–H and O–H groups in total. The second-order valence-electron chi connectivity index (χ2n) is 6.72. The maximum absolute atomic E-state index is 5.97. The summed E-state index contributed by atoms with van der Waals surface area (Å²) >= 11 is 0. The molecule has 0 amide bonds. The lowest BCUT2D eigenvalue weighted by atomic mass is 9.90. The van der Waals surface area contributed by atoms with Gasteiger partial charge in [0.15, 0.2) is 0 Å². The van der Waals surface area contributed by atoms with Crippen LogP contribution in [0.2, 0.25) is 0 Å². The molecule has 0 radical (unpaired) electrons. The van der Waals surface area contributed by atoms with Gasteiger partial charge in [0.1, 0.15) is 0 Å². The molecule has 0 aromatic rings. The maximum atomic E-state index is 5.97. The highest BCUT2D eigenvalue weighted by molar-refractivity contribution is 5.85. The van der Waals surface area contributed by atoms with Gasteiger partial charge in [-0.2, -0.15) is 0 Å². The van der Waals surface area contributed by atoms with E-state index >= 15 is 0 Å². The van der Waals surface area contributed by atoms with Crippen molar-refractivity contribution in [2.45, 2.75) is 68.9 Å². The van der Waals surface area contributed by atoms with Gasteiger partial charge in [0.05, 0.1) is 25.4 Å². The van der Waals surface area contributed by atoms with E-state index in [1.165, 1.54) is 38.5 Å². The van der Waals surface area contributed by atoms with Gasteiger partial charge in [0, 0.05) is 24.7 Å². The van der Waals surface area contributed by atoms with Crippen LogP contribution in [-0.4, -0.2) is 50.1 Å². The Morgan fingerprint density at radius 1 is 1.05 bits per heavy atom. The Bertz CT molecular complexity index is 325. The standard InChI is InChI=1S/C15H26N2O2.ClH/c1-2-11(14-9-18-7-6-16-14)12(3-1)17-13-8-10-4-5-15(13)19-10;/h10-17H,1-9H2;1H/t10-,11?,12?,13-,14?,15+;/m1./s1. The van der Waals surface area contributed by atoms with Crippen molar-refractivity contribution < 1.29 is 9.47 Å². The lowest BCUT2D eigenvalue weighted by Gasteiger charge is -2.35. The van der Waals surface area contributed by atoms with Crippen molar-refractivity contribution in [2.24, 2.45) is 5.92 Å². The van der Waals surface area contributed by atoms with E-state index in [2.05, 4.69) is 10.6 Å². The van der Waals surface area contributed by atoms with Gasteiger partial charge in [-0.15, -0.1) is 12.4 Å². The summed E-state index contributed by atoms with van der Waals surface area (Å²) in [5.41, 5.74) is 0. The predicted octanol–water partition coefficient (Wildman–Crippen LogP) is 1.47. The number of fused-ring (bicyclic) bond motifs is 2. The minimum atomic E-state index is 0. The monoisotopic (exact) mass is 302 g/mol. The summed E-state index contributed by atoms with van der Waals surface area (Å²) < 4.78 is 11.6. The quantitative estimate of drug-likeness (QED) is 0.829. The molecule has 0 spiro atoms. The Hall–Kier alpha value is 0.130. The minimum absolute atomic E-state index is 0. The number of rotatable bonds is 3. The summed E-state index contributed by atoms with van der Waals surface area (Å²) in [6, 6.07) is 1.86. The molecule has 3 aliphatic heterocycles. The van der Waals surface area contributed by atoms with Crippen molar-refractivity contribution in [2.75, 3.05) is 19.8 Å². The number of nitrogens with one attached hydrogen (secondary N) is 2. The van der Waals surface area contributed by atoms with Gasteiger partial charge in [-0.1, -0.05) is 6.42 Å². The van der Waals surface area contributed by atoms with Gasteiger partial charge in [-0.25, -0.2) is 0 Å². The summed E-state index contributed by atoms with van der Waals surface area (Å²) in [5.74, 6) is 0.749. The maximum Gasteiger partial charge on any atom is 0.0733 e. The van der Waals surface area contributed by atoms with Crippen molar-refractivity contribution in [3.63, 3.8) is 0 Å². The first-order chi connectivity index (χ1) is 9.40. The van der Waals surface area contributed by atoms with Gasteiger partial charge in [-0.3, -0.25) is 0 Å². The molecule has 6 atom stereocenters. The minimum Gasteiger partial charge on any atom is -0.379 e. The van der Waals surface area contributed by atoms with E-state index in [-0.39, 0.29) is 12.4 Å². The molecule has 4 aliphatic rings. The highest BCUT2D eigenvalue weighted by Gasteiger charge is 2.43. The number of hydrogen-bond donors (Lipinski definition) is 2. The van der Waals surface area contributed by atoms with E-state index in [1.54, 1.807) is 0 Å². The highest BCUT2D eigenvalue weighted by atomic mass is 35.5. The fraction of sp³-hybridized carbons (Fsp3) is 1.00. The van der Waals surface area contributed by atoms with Gasteiger partial charge >= 0.3 is 0 Å². The summed E-state index contributed by atoms with van der Waals surface area (Å²) in [6.07, 6.45) is 8.89. The van der Waals surface area contributed by atoms with Crippen LogP contribution in [0.4, 0.5) is 0 Å². The Morgan fingerprint density at radius 2 is 2.00 bits per heavy atom. The van der Waals surface area contributed by atoms with Crippen molar-refractivity contribution in [3.05, 3.63) is 0 Å². The average molecular weight is 303 g/mol. The van der Waals surface area contributed by atoms with E-state index in [0.717, 1.165) is 25.7 Å². The molecule has 0 aromatic carbocycles. The zero-order chi connectivity index (χ0) is 12.7. The zero-order valence-corrected chi connectivity index (χ0v) is 12.9. The van der Waals surface area contributed by atoms with Gasteiger partial charge in [-0.05, 0) is 38.0 Å². The first-order valence-corrected chi connectivity index (χ1v) is 8.13. The average Bonchev–Trinajstić information content (AvgIpc) is 3.16. The second kappa shape index (κ2) is 6.49. The van der Waals surface area contributed by atoms with Crippen LogP contribution in [0.15, 0.2) is 0 Å². The highest BCUT2D eigenvalue weighted by Crippen LogP contribution is 2.37. The first-order valence-electron chi connectivity index (χ1n) is 8.13. The molecule has 4 nitrogen and oxygen atoms in total. The zero-order valence-electron chi connectivity index (χ0n) is 12.1. The summed E-state index contributed by atoms with van der Waals surface area (Å²) in [7, 11) is 0. The second-order valence-corrected chi connectivity index (χ2v) is 6.72. The molecule has 3 heterocycles. The third kappa shape index (κ3) is 2.86. The molecule has 20 heavy (non-hydrogen) atoms. The number of ether oxygens (including phenoxy) is 2. The molecule has 2 bridgehead atoms. The SMILES string of the molecule is C1CC(N[C@@H]2C[C@H]3CC[C@@H]2O3)C(C2COCCN2)C1.Cl. The third-order valence-electron chi connectivity index (χ3n) is 5.57. The fourth-order valence-electron chi connectivity index (χ4n) is 4.63.